The van der Waals surface area contributed by atoms with Crippen LogP contribution in [-0.4, -0.2) is 19.6 Å². The molecule has 0 aliphatic carbocycles. The van der Waals surface area contributed by atoms with Crippen LogP contribution >= 0.6 is 0 Å². The lowest BCUT2D eigenvalue weighted by molar-refractivity contribution is 0.146. The molecule has 39 valence electrons. The first-order chi connectivity index (χ1) is 3.50. The van der Waals surface area contributed by atoms with Crippen LogP contribution in [0, 0.1) is 0 Å². The average molecular weight is 98.1 g/mol. The summed E-state index contributed by atoms with van der Waals surface area (Å²) in [4.78, 5) is 3.80. The van der Waals surface area contributed by atoms with Gasteiger partial charge in [-0.3, -0.25) is 4.99 Å². The van der Waals surface area contributed by atoms with Crippen LogP contribution in [0.25, 0.3) is 0 Å². The smallest absolute Gasteiger partial charge is 0.137 e. The zero-order valence-corrected chi connectivity index (χ0v) is 4.18. The Morgan fingerprint density at radius 2 is 2.57 bits per heavy atom. The highest BCUT2D eigenvalue weighted by atomic mass is 16.5. The van der Waals surface area contributed by atoms with Gasteiger partial charge in [0.1, 0.15) is 6.73 Å². The summed E-state index contributed by atoms with van der Waals surface area (Å²) < 4.78 is 4.97. The van der Waals surface area contributed by atoms with Crippen molar-refractivity contribution in [3.8, 4) is 0 Å². The predicted octanol–water partition coefficient (Wildman–Crippen LogP) is 0.702. The number of aliphatic imine (C=N–C) groups is 1. The highest BCUT2D eigenvalue weighted by Gasteiger charge is 1.89. The molecule has 0 atom stereocenters. The molecule has 1 heterocycles. The maximum Gasteiger partial charge on any atom is 0.137 e. The second-order valence-corrected chi connectivity index (χ2v) is 1.46. The van der Waals surface area contributed by atoms with Gasteiger partial charge in [-0.2, -0.15) is 0 Å². The third-order valence-electron chi connectivity index (χ3n) is 0.845. The normalized spacial score (nSPS) is 21.7. The fraction of sp³-hybridized carbons (Fsp3) is 0.800. The fourth-order valence-corrected chi connectivity index (χ4v) is 0.488. The topological polar surface area (TPSA) is 21.6 Å². The molecule has 0 N–H and O–H groups in total. The second kappa shape index (κ2) is 2.75. The molecule has 1 radical (unpaired) electrons. The predicted molar refractivity (Wildman–Crippen MR) is 27.5 cm³/mol. The first-order valence-electron chi connectivity index (χ1n) is 2.47. The highest BCUT2D eigenvalue weighted by Crippen LogP contribution is 1.91. The van der Waals surface area contributed by atoms with Gasteiger partial charge in [0.2, 0.25) is 0 Å². The first kappa shape index (κ1) is 4.78. The minimum atomic E-state index is 0.514. The van der Waals surface area contributed by atoms with E-state index < -0.39 is 0 Å². The van der Waals surface area contributed by atoms with Gasteiger partial charge < -0.3 is 4.74 Å². The quantitative estimate of drug-likeness (QED) is 0.437. The number of hydrogen-bond donors (Lipinski definition) is 0. The summed E-state index contributed by atoms with van der Waals surface area (Å²) in [5, 5.41) is 0. The van der Waals surface area contributed by atoms with Crippen LogP contribution in [0.15, 0.2) is 4.99 Å². The van der Waals surface area contributed by atoms with E-state index in [0.717, 1.165) is 19.4 Å². The van der Waals surface area contributed by atoms with E-state index in [-0.39, 0.29) is 0 Å². The summed E-state index contributed by atoms with van der Waals surface area (Å²) in [6.45, 7) is 1.36. The van der Waals surface area contributed by atoms with Crippen molar-refractivity contribution in [2.45, 2.75) is 12.8 Å². The van der Waals surface area contributed by atoms with Crippen LogP contribution in [0.5, 0.6) is 0 Å². The maximum atomic E-state index is 4.97. The largest absolute Gasteiger partial charge is 0.359 e. The van der Waals surface area contributed by atoms with E-state index in [4.69, 9.17) is 4.74 Å². The van der Waals surface area contributed by atoms with Gasteiger partial charge in [-0.15, -0.1) is 0 Å². The van der Waals surface area contributed by atoms with E-state index in [1.165, 1.54) is 0 Å². The van der Waals surface area contributed by atoms with Gasteiger partial charge in [-0.1, -0.05) is 0 Å². The Kier molecular flexibility index (Phi) is 1.88. The number of rotatable bonds is 0. The number of ether oxygens (including phenoxy) is 1. The summed E-state index contributed by atoms with van der Waals surface area (Å²) in [5.41, 5.74) is 0. The SMILES string of the molecule is [C]1=NCOCCC1. The molecule has 0 unspecified atom stereocenters. The van der Waals surface area contributed by atoms with Gasteiger partial charge in [-0.25, -0.2) is 0 Å². The van der Waals surface area contributed by atoms with Crippen molar-refractivity contribution in [1.82, 2.24) is 0 Å². The molecular weight excluding hydrogens is 90.1 g/mol. The van der Waals surface area contributed by atoms with Gasteiger partial charge in [-0.05, 0) is 12.8 Å². The Bertz CT molecular complexity index is 62.5. The molecule has 1 aliphatic rings. The summed E-state index contributed by atoms with van der Waals surface area (Å²) in [6.07, 6.45) is 4.88. The monoisotopic (exact) mass is 98.1 g/mol. The molecule has 2 heteroatoms. The molecule has 0 amide bonds. The van der Waals surface area contributed by atoms with Gasteiger partial charge in [0, 0.05) is 6.61 Å². The number of nitrogens with zero attached hydrogens (tertiary/aromatic N) is 1. The summed E-state index contributed by atoms with van der Waals surface area (Å²) in [7, 11) is 0. The van der Waals surface area contributed by atoms with E-state index in [2.05, 4.69) is 11.2 Å². The van der Waals surface area contributed by atoms with Crippen LogP contribution in [0.4, 0.5) is 0 Å². The lowest BCUT2D eigenvalue weighted by atomic mass is 10.3. The Labute approximate surface area is 43.2 Å². The Morgan fingerprint density at radius 3 is 3.57 bits per heavy atom. The third kappa shape index (κ3) is 1.69. The van der Waals surface area contributed by atoms with E-state index >= 15 is 0 Å². The van der Waals surface area contributed by atoms with Crippen molar-refractivity contribution < 1.29 is 4.74 Å². The molecule has 0 aromatic heterocycles. The Hall–Kier alpha value is -0.370. The molecule has 1 rings (SSSR count). The maximum absolute atomic E-state index is 4.97. The van der Waals surface area contributed by atoms with E-state index in [1.54, 1.807) is 0 Å². The van der Waals surface area contributed by atoms with Crippen molar-refractivity contribution in [2.75, 3.05) is 13.3 Å². The van der Waals surface area contributed by atoms with E-state index in [9.17, 15) is 0 Å². The molecular formula is C5H8NO. The lowest BCUT2D eigenvalue weighted by Gasteiger charge is -1.90. The van der Waals surface area contributed by atoms with Gasteiger partial charge in [0.05, 0.1) is 6.21 Å². The zero-order valence-electron chi connectivity index (χ0n) is 4.18. The van der Waals surface area contributed by atoms with Crippen LogP contribution in [-0.2, 0) is 4.74 Å². The molecule has 0 aromatic rings. The summed E-state index contributed by atoms with van der Waals surface area (Å²) >= 11 is 0. The molecule has 7 heavy (non-hydrogen) atoms. The third-order valence-corrected chi connectivity index (χ3v) is 0.845. The fourth-order valence-electron chi connectivity index (χ4n) is 0.488. The van der Waals surface area contributed by atoms with Crippen molar-refractivity contribution >= 4 is 6.21 Å². The molecule has 0 saturated heterocycles. The van der Waals surface area contributed by atoms with Gasteiger partial charge >= 0.3 is 0 Å². The van der Waals surface area contributed by atoms with Crippen LogP contribution in [0.2, 0.25) is 0 Å². The molecule has 1 aliphatic heterocycles. The Morgan fingerprint density at radius 1 is 1.57 bits per heavy atom. The first-order valence-corrected chi connectivity index (χ1v) is 2.47. The molecule has 0 saturated carbocycles. The van der Waals surface area contributed by atoms with Crippen molar-refractivity contribution in [3.05, 3.63) is 0 Å². The minimum absolute atomic E-state index is 0.514. The molecule has 0 fully saturated rings. The molecule has 0 bridgehead atoms. The molecule has 0 aromatic carbocycles. The second-order valence-electron chi connectivity index (χ2n) is 1.46. The average Bonchev–Trinajstić information content (AvgIpc) is 1.90. The molecule has 2 nitrogen and oxygen atoms in total. The molecule has 0 spiro atoms. The summed E-state index contributed by atoms with van der Waals surface area (Å²) in [6, 6.07) is 0. The van der Waals surface area contributed by atoms with Crippen molar-refractivity contribution in [3.63, 3.8) is 0 Å². The van der Waals surface area contributed by atoms with Crippen molar-refractivity contribution in [1.29, 1.82) is 0 Å². The standard InChI is InChI=1S/C5H8NO/c1-2-4-7-5-6-3-1/h1-2,4-5H2. The highest BCUT2D eigenvalue weighted by molar-refractivity contribution is 5.56. The van der Waals surface area contributed by atoms with Crippen LogP contribution < -0.4 is 0 Å². The van der Waals surface area contributed by atoms with Crippen LogP contribution in [0.1, 0.15) is 12.8 Å². The lowest BCUT2D eigenvalue weighted by Crippen LogP contribution is -1.88. The van der Waals surface area contributed by atoms with Gasteiger partial charge in [0.15, 0.2) is 0 Å². The van der Waals surface area contributed by atoms with Crippen LogP contribution in [0.3, 0.4) is 0 Å². The van der Waals surface area contributed by atoms with Gasteiger partial charge in [0.25, 0.3) is 0 Å². The van der Waals surface area contributed by atoms with E-state index in [0.29, 0.717) is 6.73 Å². The minimum Gasteiger partial charge on any atom is -0.359 e. The van der Waals surface area contributed by atoms with E-state index in [1.807, 2.05) is 0 Å². The zero-order chi connectivity index (χ0) is 4.95. The number of hydrogen-bond acceptors (Lipinski definition) is 2. The van der Waals surface area contributed by atoms with Crippen molar-refractivity contribution in [2.24, 2.45) is 4.99 Å². The Balaban J connectivity index is 2.20. The summed E-state index contributed by atoms with van der Waals surface area (Å²) in [5.74, 6) is 0.